The molecule has 4 heteroatoms. The van der Waals surface area contributed by atoms with Gasteiger partial charge in [-0.25, -0.2) is 0 Å². The van der Waals surface area contributed by atoms with Crippen LogP contribution in [0.3, 0.4) is 0 Å². The summed E-state index contributed by atoms with van der Waals surface area (Å²) < 4.78 is 11.5. The summed E-state index contributed by atoms with van der Waals surface area (Å²) in [5.41, 5.74) is 2.22. The number of aryl methyl sites for hydroxylation is 1. The fourth-order valence-corrected chi connectivity index (χ4v) is 1.89. The van der Waals surface area contributed by atoms with Crippen molar-refractivity contribution < 1.29 is 9.15 Å². The van der Waals surface area contributed by atoms with Gasteiger partial charge >= 0.3 is 0 Å². The SMILES string of the molecule is COc1ccc(C)c(NCc2occc2Br)c1. The highest BCUT2D eigenvalue weighted by atomic mass is 79.9. The van der Waals surface area contributed by atoms with Crippen molar-refractivity contribution in [2.75, 3.05) is 12.4 Å². The van der Waals surface area contributed by atoms with Gasteiger partial charge in [0.15, 0.2) is 0 Å². The minimum Gasteiger partial charge on any atom is -0.497 e. The van der Waals surface area contributed by atoms with Crippen LogP contribution in [-0.2, 0) is 6.54 Å². The Bertz CT molecular complexity index is 508. The van der Waals surface area contributed by atoms with Crippen LogP contribution in [0.4, 0.5) is 5.69 Å². The van der Waals surface area contributed by atoms with Crippen molar-refractivity contribution in [3.8, 4) is 5.75 Å². The molecule has 0 aliphatic rings. The highest BCUT2D eigenvalue weighted by molar-refractivity contribution is 9.10. The van der Waals surface area contributed by atoms with E-state index in [1.165, 1.54) is 5.56 Å². The Morgan fingerprint density at radius 3 is 2.82 bits per heavy atom. The average Bonchev–Trinajstić information content (AvgIpc) is 2.74. The third-order valence-electron chi connectivity index (χ3n) is 2.58. The Labute approximate surface area is 109 Å². The number of rotatable bonds is 4. The zero-order chi connectivity index (χ0) is 12.3. The zero-order valence-corrected chi connectivity index (χ0v) is 11.4. The predicted molar refractivity (Wildman–Crippen MR) is 71.5 cm³/mol. The molecule has 1 aromatic heterocycles. The van der Waals surface area contributed by atoms with Crippen LogP contribution in [0.25, 0.3) is 0 Å². The molecule has 0 aliphatic heterocycles. The van der Waals surface area contributed by atoms with Crippen LogP contribution in [0.1, 0.15) is 11.3 Å². The fourth-order valence-electron chi connectivity index (χ4n) is 1.55. The molecule has 0 spiro atoms. The first-order valence-corrected chi connectivity index (χ1v) is 6.10. The maximum Gasteiger partial charge on any atom is 0.136 e. The largest absolute Gasteiger partial charge is 0.497 e. The second-order valence-electron chi connectivity index (χ2n) is 3.73. The smallest absolute Gasteiger partial charge is 0.136 e. The van der Waals surface area contributed by atoms with Crippen LogP contribution in [-0.4, -0.2) is 7.11 Å². The first-order chi connectivity index (χ1) is 8.20. The molecule has 0 aliphatic carbocycles. The van der Waals surface area contributed by atoms with Gasteiger partial charge in [-0.1, -0.05) is 6.07 Å². The molecule has 0 saturated carbocycles. The van der Waals surface area contributed by atoms with Crippen molar-refractivity contribution in [1.82, 2.24) is 0 Å². The van der Waals surface area contributed by atoms with E-state index in [1.54, 1.807) is 13.4 Å². The Hall–Kier alpha value is -1.42. The summed E-state index contributed by atoms with van der Waals surface area (Å²) in [6, 6.07) is 7.84. The van der Waals surface area contributed by atoms with Gasteiger partial charge < -0.3 is 14.5 Å². The zero-order valence-electron chi connectivity index (χ0n) is 9.79. The van der Waals surface area contributed by atoms with Crippen LogP contribution in [0.5, 0.6) is 5.75 Å². The molecule has 0 radical (unpaired) electrons. The molecule has 1 aromatic carbocycles. The molecule has 0 atom stereocenters. The third-order valence-corrected chi connectivity index (χ3v) is 3.28. The first-order valence-electron chi connectivity index (χ1n) is 5.31. The summed E-state index contributed by atoms with van der Waals surface area (Å²) in [4.78, 5) is 0. The monoisotopic (exact) mass is 295 g/mol. The molecule has 0 bridgehead atoms. The first kappa shape index (κ1) is 12.0. The van der Waals surface area contributed by atoms with Gasteiger partial charge in [-0.15, -0.1) is 0 Å². The Balaban J connectivity index is 2.11. The molecule has 0 unspecified atom stereocenters. The number of methoxy groups -OCH3 is 1. The highest BCUT2D eigenvalue weighted by Gasteiger charge is 2.05. The topological polar surface area (TPSA) is 34.4 Å². The van der Waals surface area contributed by atoms with Gasteiger partial charge in [0.1, 0.15) is 11.5 Å². The Morgan fingerprint density at radius 1 is 1.35 bits per heavy atom. The lowest BCUT2D eigenvalue weighted by Crippen LogP contribution is -2.00. The maximum absolute atomic E-state index is 5.34. The minimum absolute atomic E-state index is 0.640. The van der Waals surface area contributed by atoms with Crippen molar-refractivity contribution in [2.45, 2.75) is 13.5 Å². The van der Waals surface area contributed by atoms with Crippen LogP contribution in [0.15, 0.2) is 39.4 Å². The summed E-state index contributed by atoms with van der Waals surface area (Å²) in [6.07, 6.45) is 1.67. The fraction of sp³-hybridized carbons (Fsp3) is 0.231. The number of hydrogen-bond donors (Lipinski definition) is 1. The maximum atomic E-state index is 5.34. The van der Waals surface area contributed by atoms with Crippen LogP contribution in [0.2, 0.25) is 0 Å². The number of benzene rings is 1. The molecule has 1 heterocycles. The van der Waals surface area contributed by atoms with Crippen molar-refractivity contribution in [3.05, 3.63) is 46.3 Å². The van der Waals surface area contributed by atoms with Crippen molar-refractivity contribution >= 4 is 21.6 Å². The van der Waals surface area contributed by atoms with Gasteiger partial charge in [0.2, 0.25) is 0 Å². The molecule has 0 saturated heterocycles. The van der Waals surface area contributed by atoms with Crippen molar-refractivity contribution in [2.24, 2.45) is 0 Å². The second kappa shape index (κ2) is 5.27. The van der Waals surface area contributed by atoms with Gasteiger partial charge in [-0.3, -0.25) is 0 Å². The predicted octanol–water partition coefficient (Wildman–Crippen LogP) is 3.97. The number of furan rings is 1. The van der Waals surface area contributed by atoms with E-state index < -0.39 is 0 Å². The Morgan fingerprint density at radius 2 is 2.18 bits per heavy atom. The second-order valence-corrected chi connectivity index (χ2v) is 4.58. The summed E-state index contributed by atoms with van der Waals surface area (Å²) in [6.45, 7) is 2.69. The van der Waals surface area contributed by atoms with E-state index >= 15 is 0 Å². The molecule has 17 heavy (non-hydrogen) atoms. The highest BCUT2D eigenvalue weighted by Crippen LogP contribution is 2.24. The number of anilines is 1. The quantitative estimate of drug-likeness (QED) is 0.927. The van der Waals surface area contributed by atoms with Crippen LogP contribution >= 0.6 is 15.9 Å². The summed E-state index contributed by atoms with van der Waals surface area (Å²) in [5.74, 6) is 1.73. The molecule has 2 rings (SSSR count). The van der Waals surface area contributed by atoms with Crippen molar-refractivity contribution in [1.29, 1.82) is 0 Å². The number of nitrogens with one attached hydrogen (secondary N) is 1. The van der Waals surface area contributed by atoms with Gasteiger partial charge in [-0.05, 0) is 40.5 Å². The summed E-state index contributed by atoms with van der Waals surface area (Å²) in [5, 5.41) is 3.33. The molecular formula is C13H14BrNO2. The van der Waals surface area contributed by atoms with Crippen LogP contribution < -0.4 is 10.1 Å². The van der Waals surface area contributed by atoms with E-state index in [9.17, 15) is 0 Å². The van der Waals surface area contributed by atoms with Crippen molar-refractivity contribution in [3.63, 3.8) is 0 Å². The van der Waals surface area contributed by atoms with E-state index in [2.05, 4.69) is 28.2 Å². The number of ether oxygens (including phenoxy) is 1. The molecule has 90 valence electrons. The van der Waals surface area contributed by atoms with E-state index in [0.717, 1.165) is 21.7 Å². The minimum atomic E-state index is 0.640. The molecular weight excluding hydrogens is 282 g/mol. The third kappa shape index (κ3) is 2.82. The van der Waals surface area contributed by atoms with Gasteiger partial charge in [0.25, 0.3) is 0 Å². The van der Waals surface area contributed by atoms with Gasteiger partial charge in [-0.2, -0.15) is 0 Å². The molecule has 0 fully saturated rings. The average molecular weight is 296 g/mol. The lowest BCUT2D eigenvalue weighted by molar-refractivity contribution is 0.415. The molecule has 1 N–H and O–H groups in total. The molecule has 2 aromatic rings. The lowest BCUT2D eigenvalue weighted by atomic mass is 10.2. The molecule has 0 amide bonds. The van der Waals surface area contributed by atoms with Gasteiger partial charge in [0, 0.05) is 11.8 Å². The summed E-state index contributed by atoms with van der Waals surface area (Å²) >= 11 is 3.43. The van der Waals surface area contributed by atoms with E-state index in [-0.39, 0.29) is 0 Å². The lowest BCUT2D eigenvalue weighted by Gasteiger charge is -2.10. The van der Waals surface area contributed by atoms with E-state index in [0.29, 0.717) is 6.54 Å². The molecule has 3 nitrogen and oxygen atoms in total. The normalized spacial score (nSPS) is 10.3. The van der Waals surface area contributed by atoms with E-state index in [1.807, 2.05) is 24.3 Å². The van der Waals surface area contributed by atoms with Gasteiger partial charge in [0.05, 0.1) is 24.4 Å². The van der Waals surface area contributed by atoms with E-state index in [4.69, 9.17) is 9.15 Å². The standard InChI is InChI=1S/C13H14BrNO2/c1-9-3-4-10(16-2)7-12(9)15-8-13-11(14)5-6-17-13/h3-7,15H,8H2,1-2H3. The number of hydrogen-bond acceptors (Lipinski definition) is 3. The van der Waals surface area contributed by atoms with Crippen LogP contribution in [0, 0.1) is 6.92 Å². The number of halogens is 1. The Kier molecular flexibility index (Phi) is 3.74. The summed E-state index contributed by atoms with van der Waals surface area (Å²) in [7, 11) is 1.66.